The second kappa shape index (κ2) is 7.29. The lowest BCUT2D eigenvalue weighted by Crippen LogP contribution is -2.30. The summed E-state index contributed by atoms with van der Waals surface area (Å²) in [5, 5.41) is 13.9. The Morgan fingerprint density at radius 3 is 2.88 bits per heavy atom. The highest BCUT2D eigenvalue weighted by Gasteiger charge is 2.03. The van der Waals surface area contributed by atoms with Gasteiger partial charge in [-0.25, -0.2) is 0 Å². The van der Waals surface area contributed by atoms with Gasteiger partial charge in [-0.3, -0.25) is 4.79 Å². The fourth-order valence-corrected chi connectivity index (χ4v) is 1.56. The van der Waals surface area contributed by atoms with E-state index >= 15 is 0 Å². The molecule has 0 radical (unpaired) electrons. The molecule has 0 bridgehead atoms. The number of nitriles is 1. The van der Waals surface area contributed by atoms with Gasteiger partial charge in [0.1, 0.15) is 6.54 Å². The number of carbonyl (C=O) groups is 1. The smallest absolute Gasteiger partial charge is 0.240 e. The SMILES string of the molecule is CCCc1ccccc1NCC(=O)NCC#N. The van der Waals surface area contributed by atoms with Crippen LogP contribution in [0.25, 0.3) is 0 Å². The summed E-state index contributed by atoms with van der Waals surface area (Å²) in [6.07, 6.45) is 2.06. The van der Waals surface area contributed by atoms with Gasteiger partial charge in [-0.2, -0.15) is 5.26 Å². The van der Waals surface area contributed by atoms with Gasteiger partial charge in [-0.1, -0.05) is 31.5 Å². The monoisotopic (exact) mass is 231 g/mol. The predicted molar refractivity (Wildman–Crippen MR) is 67.5 cm³/mol. The van der Waals surface area contributed by atoms with E-state index in [4.69, 9.17) is 5.26 Å². The number of carbonyl (C=O) groups excluding carboxylic acids is 1. The zero-order chi connectivity index (χ0) is 12.5. The Kier molecular flexibility index (Phi) is 5.59. The summed E-state index contributed by atoms with van der Waals surface area (Å²) < 4.78 is 0. The van der Waals surface area contributed by atoms with Gasteiger partial charge < -0.3 is 10.6 Å². The maximum atomic E-state index is 11.3. The van der Waals surface area contributed by atoms with E-state index in [1.807, 2.05) is 24.3 Å². The Morgan fingerprint density at radius 2 is 2.18 bits per heavy atom. The molecule has 4 nitrogen and oxygen atoms in total. The normalized spacial score (nSPS) is 9.41. The summed E-state index contributed by atoms with van der Waals surface area (Å²) in [6.45, 7) is 2.37. The van der Waals surface area contributed by atoms with E-state index in [0.717, 1.165) is 18.5 Å². The van der Waals surface area contributed by atoms with E-state index in [1.165, 1.54) is 5.56 Å². The van der Waals surface area contributed by atoms with Crippen molar-refractivity contribution in [3.05, 3.63) is 29.8 Å². The average Bonchev–Trinajstić information content (AvgIpc) is 2.35. The molecule has 1 aromatic carbocycles. The minimum atomic E-state index is -0.169. The summed E-state index contributed by atoms with van der Waals surface area (Å²) in [5.74, 6) is -0.169. The Balaban J connectivity index is 2.51. The van der Waals surface area contributed by atoms with Crippen molar-refractivity contribution in [2.24, 2.45) is 0 Å². The quantitative estimate of drug-likeness (QED) is 0.732. The molecule has 0 unspecified atom stereocenters. The molecular formula is C13H17N3O. The molecule has 1 rings (SSSR count). The highest BCUT2D eigenvalue weighted by atomic mass is 16.1. The number of benzene rings is 1. The van der Waals surface area contributed by atoms with Crippen LogP contribution in [0.15, 0.2) is 24.3 Å². The van der Waals surface area contributed by atoms with Crippen LogP contribution in [0, 0.1) is 11.3 Å². The lowest BCUT2D eigenvalue weighted by atomic mass is 10.1. The third-order valence-electron chi connectivity index (χ3n) is 2.34. The van der Waals surface area contributed by atoms with E-state index in [1.54, 1.807) is 0 Å². The number of aryl methyl sites for hydroxylation is 1. The predicted octanol–water partition coefficient (Wildman–Crippen LogP) is 1.69. The Bertz CT molecular complexity index is 409. The van der Waals surface area contributed by atoms with Crippen molar-refractivity contribution in [1.82, 2.24) is 5.32 Å². The van der Waals surface area contributed by atoms with Crippen molar-refractivity contribution in [2.45, 2.75) is 19.8 Å². The number of hydrogen-bond acceptors (Lipinski definition) is 3. The molecule has 0 atom stereocenters. The van der Waals surface area contributed by atoms with Crippen LogP contribution in [0.5, 0.6) is 0 Å². The molecule has 0 aliphatic carbocycles. The first-order chi connectivity index (χ1) is 8.27. The van der Waals surface area contributed by atoms with Gasteiger partial charge in [0.05, 0.1) is 12.6 Å². The summed E-state index contributed by atoms with van der Waals surface area (Å²) in [6, 6.07) is 9.82. The highest BCUT2D eigenvalue weighted by molar-refractivity contribution is 5.81. The second-order valence-corrected chi connectivity index (χ2v) is 3.70. The molecule has 90 valence electrons. The van der Waals surface area contributed by atoms with Crippen LogP contribution in [0.3, 0.4) is 0 Å². The van der Waals surface area contributed by atoms with Gasteiger partial charge in [0, 0.05) is 5.69 Å². The van der Waals surface area contributed by atoms with Gasteiger partial charge in [-0.15, -0.1) is 0 Å². The summed E-state index contributed by atoms with van der Waals surface area (Å²) >= 11 is 0. The summed E-state index contributed by atoms with van der Waals surface area (Å²) in [7, 11) is 0. The first-order valence-corrected chi connectivity index (χ1v) is 5.73. The first-order valence-electron chi connectivity index (χ1n) is 5.73. The fourth-order valence-electron chi connectivity index (χ4n) is 1.56. The molecule has 2 N–H and O–H groups in total. The standard InChI is InChI=1S/C13H17N3O/c1-2-5-11-6-3-4-7-12(11)16-10-13(17)15-9-8-14/h3-4,6-7,16H,2,5,9-10H2,1H3,(H,15,17). The van der Waals surface area contributed by atoms with Gasteiger partial charge in [0.15, 0.2) is 0 Å². The largest absolute Gasteiger partial charge is 0.376 e. The topological polar surface area (TPSA) is 64.9 Å². The Morgan fingerprint density at radius 1 is 1.41 bits per heavy atom. The van der Waals surface area contributed by atoms with Gasteiger partial charge >= 0.3 is 0 Å². The van der Waals surface area contributed by atoms with Crippen molar-refractivity contribution >= 4 is 11.6 Å². The lowest BCUT2D eigenvalue weighted by Gasteiger charge is -2.10. The molecule has 4 heteroatoms. The fraction of sp³-hybridized carbons (Fsp3) is 0.385. The molecule has 0 spiro atoms. The number of hydrogen-bond donors (Lipinski definition) is 2. The van der Waals surface area contributed by atoms with Gasteiger partial charge in [-0.05, 0) is 18.1 Å². The molecule has 0 aromatic heterocycles. The first kappa shape index (κ1) is 13.0. The Hall–Kier alpha value is -2.02. The molecule has 0 heterocycles. The summed E-state index contributed by atoms with van der Waals surface area (Å²) in [4.78, 5) is 11.3. The van der Waals surface area contributed by atoms with Crippen molar-refractivity contribution in [3.8, 4) is 6.07 Å². The van der Waals surface area contributed by atoms with Crippen molar-refractivity contribution in [3.63, 3.8) is 0 Å². The number of amides is 1. The van der Waals surface area contributed by atoms with E-state index in [-0.39, 0.29) is 19.0 Å². The van der Waals surface area contributed by atoms with E-state index in [0.29, 0.717) is 0 Å². The van der Waals surface area contributed by atoms with Crippen molar-refractivity contribution in [1.29, 1.82) is 5.26 Å². The zero-order valence-electron chi connectivity index (χ0n) is 9.99. The molecular weight excluding hydrogens is 214 g/mol. The van der Waals surface area contributed by atoms with Crippen LogP contribution in [0.1, 0.15) is 18.9 Å². The third-order valence-corrected chi connectivity index (χ3v) is 2.34. The zero-order valence-corrected chi connectivity index (χ0v) is 9.99. The average molecular weight is 231 g/mol. The van der Waals surface area contributed by atoms with E-state index in [2.05, 4.69) is 23.6 Å². The molecule has 0 aliphatic rings. The maximum Gasteiger partial charge on any atom is 0.240 e. The molecule has 0 fully saturated rings. The second-order valence-electron chi connectivity index (χ2n) is 3.70. The number of para-hydroxylation sites is 1. The maximum absolute atomic E-state index is 11.3. The van der Waals surface area contributed by atoms with Crippen LogP contribution in [-0.2, 0) is 11.2 Å². The molecule has 0 saturated heterocycles. The molecule has 0 saturated carbocycles. The van der Waals surface area contributed by atoms with Crippen molar-refractivity contribution < 1.29 is 4.79 Å². The van der Waals surface area contributed by atoms with E-state index < -0.39 is 0 Å². The van der Waals surface area contributed by atoms with Crippen LogP contribution in [-0.4, -0.2) is 19.0 Å². The van der Waals surface area contributed by atoms with Crippen LogP contribution in [0.4, 0.5) is 5.69 Å². The molecule has 1 amide bonds. The number of nitrogens with one attached hydrogen (secondary N) is 2. The van der Waals surface area contributed by atoms with Gasteiger partial charge in [0.25, 0.3) is 0 Å². The highest BCUT2D eigenvalue weighted by Crippen LogP contribution is 2.16. The minimum Gasteiger partial charge on any atom is -0.376 e. The molecule has 1 aromatic rings. The van der Waals surface area contributed by atoms with Crippen LogP contribution < -0.4 is 10.6 Å². The van der Waals surface area contributed by atoms with Crippen LogP contribution >= 0.6 is 0 Å². The molecule has 17 heavy (non-hydrogen) atoms. The molecule has 0 aliphatic heterocycles. The van der Waals surface area contributed by atoms with Crippen LogP contribution in [0.2, 0.25) is 0 Å². The lowest BCUT2D eigenvalue weighted by molar-refractivity contribution is -0.119. The number of anilines is 1. The number of rotatable bonds is 6. The van der Waals surface area contributed by atoms with E-state index in [9.17, 15) is 4.79 Å². The Labute approximate surface area is 102 Å². The van der Waals surface area contributed by atoms with Gasteiger partial charge in [0.2, 0.25) is 5.91 Å². The van der Waals surface area contributed by atoms with Crippen molar-refractivity contribution in [2.75, 3.05) is 18.4 Å². The summed E-state index contributed by atoms with van der Waals surface area (Å²) in [5.41, 5.74) is 2.20. The minimum absolute atomic E-state index is 0.0527. The number of nitrogens with zero attached hydrogens (tertiary/aromatic N) is 1. The third kappa shape index (κ3) is 4.56.